The molecule has 9 heavy (non-hydrogen) atoms. The molecule has 1 aliphatic rings. The summed E-state index contributed by atoms with van der Waals surface area (Å²) in [6.45, 7) is 9.80. The second-order valence-electron chi connectivity index (χ2n) is 3.13. The number of hydrogen-bond donors (Lipinski definition) is 0. The molecule has 1 nitrogen and oxygen atoms in total. The molecule has 1 saturated heterocycles. The number of hydrogen-bond acceptors (Lipinski definition) is 1. The Kier molecular flexibility index (Phi) is 2.12. The molecule has 0 N–H and O–H groups in total. The summed E-state index contributed by atoms with van der Waals surface area (Å²) in [5, 5.41) is 0. The van der Waals surface area contributed by atoms with E-state index in [0.29, 0.717) is 12.1 Å². The quantitative estimate of drug-likeness (QED) is 0.517. The SMILES string of the molecule is [CH2][C@@H]1CCCN1C(C)C. The monoisotopic (exact) mass is 126 g/mol. The van der Waals surface area contributed by atoms with Crippen LogP contribution in [0, 0.1) is 6.92 Å². The minimum Gasteiger partial charge on any atom is -0.298 e. The van der Waals surface area contributed by atoms with Crippen LogP contribution >= 0.6 is 0 Å². The molecular weight excluding hydrogens is 110 g/mol. The Morgan fingerprint density at radius 2 is 2.22 bits per heavy atom. The zero-order chi connectivity index (χ0) is 6.85. The van der Waals surface area contributed by atoms with Crippen LogP contribution in [0.4, 0.5) is 0 Å². The van der Waals surface area contributed by atoms with Crippen molar-refractivity contribution in [2.45, 2.75) is 38.8 Å². The van der Waals surface area contributed by atoms with Crippen molar-refractivity contribution in [3.8, 4) is 0 Å². The molecule has 0 amide bonds. The van der Waals surface area contributed by atoms with Crippen LogP contribution in [-0.2, 0) is 0 Å². The number of likely N-dealkylation sites (tertiary alicyclic amines) is 1. The molecule has 1 atom stereocenters. The normalized spacial score (nSPS) is 30.0. The predicted molar refractivity (Wildman–Crippen MR) is 40.2 cm³/mol. The van der Waals surface area contributed by atoms with E-state index in [2.05, 4.69) is 25.7 Å². The first-order valence-electron chi connectivity index (χ1n) is 3.80. The highest BCUT2D eigenvalue weighted by Gasteiger charge is 2.21. The zero-order valence-electron chi connectivity index (χ0n) is 6.43. The molecule has 1 heteroatoms. The first kappa shape index (κ1) is 7.07. The smallest absolute Gasteiger partial charge is 0.00990 e. The Balaban J connectivity index is 2.40. The van der Waals surface area contributed by atoms with E-state index in [1.165, 1.54) is 19.4 Å². The summed E-state index contributed by atoms with van der Waals surface area (Å²) >= 11 is 0. The third-order valence-electron chi connectivity index (χ3n) is 2.09. The maximum atomic E-state index is 4.07. The molecule has 1 heterocycles. The first-order valence-corrected chi connectivity index (χ1v) is 3.80. The number of nitrogens with zero attached hydrogens (tertiary/aromatic N) is 1. The summed E-state index contributed by atoms with van der Waals surface area (Å²) in [7, 11) is 0. The third kappa shape index (κ3) is 1.45. The van der Waals surface area contributed by atoms with Gasteiger partial charge in [-0.3, -0.25) is 4.90 Å². The molecule has 0 bridgehead atoms. The summed E-state index contributed by atoms with van der Waals surface area (Å²) in [4.78, 5) is 2.46. The van der Waals surface area contributed by atoms with Gasteiger partial charge in [0, 0.05) is 12.1 Å². The van der Waals surface area contributed by atoms with E-state index in [1.807, 2.05) is 0 Å². The van der Waals surface area contributed by atoms with Crippen LogP contribution in [-0.4, -0.2) is 23.5 Å². The van der Waals surface area contributed by atoms with Crippen molar-refractivity contribution < 1.29 is 0 Å². The Labute approximate surface area is 58.0 Å². The zero-order valence-corrected chi connectivity index (χ0v) is 6.43. The van der Waals surface area contributed by atoms with Gasteiger partial charge in [-0.25, -0.2) is 0 Å². The Hall–Kier alpha value is -0.0400. The topological polar surface area (TPSA) is 3.24 Å². The van der Waals surface area contributed by atoms with Crippen LogP contribution in [0.25, 0.3) is 0 Å². The summed E-state index contributed by atoms with van der Waals surface area (Å²) in [5.41, 5.74) is 0. The molecule has 0 aromatic rings. The standard InChI is InChI=1S/C8H16N/c1-7(2)9-6-4-5-8(9)3/h7-8H,3-6H2,1-2H3/t8-/m1/s1. The molecular formula is C8H16N. The maximum absolute atomic E-state index is 4.07. The lowest BCUT2D eigenvalue weighted by atomic mass is 10.2. The molecule has 1 rings (SSSR count). The van der Waals surface area contributed by atoms with Gasteiger partial charge in [-0.2, -0.15) is 0 Å². The molecule has 1 radical (unpaired) electrons. The van der Waals surface area contributed by atoms with E-state index in [-0.39, 0.29) is 0 Å². The summed E-state index contributed by atoms with van der Waals surface area (Å²) < 4.78 is 0. The van der Waals surface area contributed by atoms with Crippen molar-refractivity contribution in [2.75, 3.05) is 6.54 Å². The average molecular weight is 126 g/mol. The lowest BCUT2D eigenvalue weighted by molar-refractivity contribution is 0.232. The highest BCUT2D eigenvalue weighted by Crippen LogP contribution is 2.18. The van der Waals surface area contributed by atoms with Crippen LogP contribution in [0.15, 0.2) is 0 Å². The maximum Gasteiger partial charge on any atom is 0.00990 e. The minimum atomic E-state index is 0.588. The van der Waals surface area contributed by atoms with Gasteiger partial charge in [0.15, 0.2) is 0 Å². The fourth-order valence-corrected chi connectivity index (χ4v) is 1.54. The lowest BCUT2D eigenvalue weighted by Crippen LogP contribution is -2.33. The highest BCUT2D eigenvalue weighted by atomic mass is 15.2. The van der Waals surface area contributed by atoms with Gasteiger partial charge >= 0.3 is 0 Å². The second kappa shape index (κ2) is 2.70. The van der Waals surface area contributed by atoms with E-state index in [4.69, 9.17) is 0 Å². The molecule has 0 aromatic heterocycles. The predicted octanol–water partition coefficient (Wildman–Crippen LogP) is 1.69. The fraction of sp³-hybridized carbons (Fsp3) is 0.875. The molecule has 0 spiro atoms. The fourth-order valence-electron chi connectivity index (χ4n) is 1.54. The van der Waals surface area contributed by atoms with Crippen molar-refractivity contribution in [1.82, 2.24) is 4.90 Å². The van der Waals surface area contributed by atoms with Crippen molar-refractivity contribution in [3.63, 3.8) is 0 Å². The van der Waals surface area contributed by atoms with E-state index >= 15 is 0 Å². The van der Waals surface area contributed by atoms with E-state index in [0.717, 1.165) is 0 Å². The van der Waals surface area contributed by atoms with Gasteiger partial charge in [0.1, 0.15) is 0 Å². The minimum absolute atomic E-state index is 0.588. The Morgan fingerprint density at radius 1 is 1.56 bits per heavy atom. The molecule has 53 valence electrons. The van der Waals surface area contributed by atoms with Crippen molar-refractivity contribution >= 4 is 0 Å². The lowest BCUT2D eigenvalue weighted by Gasteiger charge is -2.24. The van der Waals surface area contributed by atoms with Gasteiger partial charge in [0.25, 0.3) is 0 Å². The molecule has 0 aliphatic carbocycles. The Bertz CT molecular complexity index is 88.6. The van der Waals surface area contributed by atoms with Crippen LogP contribution in [0.3, 0.4) is 0 Å². The molecule has 0 saturated carbocycles. The molecule has 1 aliphatic heterocycles. The number of rotatable bonds is 1. The van der Waals surface area contributed by atoms with Crippen molar-refractivity contribution in [3.05, 3.63) is 6.92 Å². The second-order valence-corrected chi connectivity index (χ2v) is 3.13. The molecule has 0 aromatic carbocycles. The van der Waals surface area contributed by atoms with Crippen LogP contribution < -0.4 is 0 Å². The van der Waals surface area contributed by atoms with E-state index in [1.54, 1.807) is 0 Å². The van der Waals surface area contributed by atoms with E-state index < -0.39 is 0 Å². The van der Waals surface area contributed by atoms with Gasteiger partial charge in [-0.1, -0.05) is 0 Å². The van der Waals surface area contributed by atoms with Crippen LogP contribution in [0.2, 0.25) is 0 Å². The largest absolute Gasteiger partial charge is 0.298 e. The Morgan fingerprint density at radius 3 is 2.44 bits per heavy atom. The first-order chi connectivity index (χ1) is 4.22. The van der Waals surface area contributed by atoms with Crippen LogP contribution in [0.5, 0.6) is 0 Å². The molecule has 1 fully saturated rings. The molecule has 0 unspecified atom stereocenters. The van der Waals surface area contributed by atoms with Gasteiger partial charge in [-0.05, 0) is 40.2 Å². The van der Waals surface area contributed by atoms with Crippen LogP contribution in [0.1, 0.15) is 26.7 Å². The van der Waals surface area contributed by atoms with Gasteiger partial charge < -0.3 is 0 Å². The van der Waals surface area contributed by atoms with Gasteiger partial charge in [0.05, 0.1) is 0 Å². The van der Waals surface area contributed by atoms with Crippen molar-refractivity contribution in [2.24, 2.45) is 0 Å². The van der Waals surface area contributed by atoms with E-state index in [9.17, 15) is 0 Å². The summed E-state index contributed by atoms with van der Waals surface area (Å²) in [6, 6.07) is 1.28. The van der Waals surface area contributed by atoms with Gasteiger partial charge in [-0.15, -0.1) is 0 Å². The summed E-state index contributed by atoms with van der Waals surface area (Å²) in [6.07, 6.45) is 2.63. The summed E-state index contributed by atoms with van der Waals surface area (Å²) in [5.74, 6) is 0. The third-order valence-corrected chi connectivity index (χ3v) is 2.09. The van der Waals surface area contributed by atoms with Crippen molar-refractivity contribution in [1.29, 1.82) is 0 Å². The average Bonchev–Trinajstić information content (AvgIpc) is 2.13. The highest BCUT2D eigenvalue weighted by molar-refractivity contribution is 4.82. The van der Waals surface area contributed by atoms with Gasteiger partial charge in [0.2, 0.25) is 0 Å².